The maximum Gasteiger partial charge on any atom is 0.306 e. The first-order valence-corrected chi connectivity index (χ1v) is 11.9. The van der Waals surface area contributed by atoms with Crippen molar-refractivity contribution in [2.75, 3.05) is 19.9 Å². The van der Waals surface area contributed by atoms with E-state index in [0.29, 0.717) is 24.8 Å². The third kappa shape index (κ3) is 5.75. The summed E-state index contributed by atoms with van der Waals surface area (Å²) < 4.78 is 33.4. The Morgan fingerprint density at radius 3 is 2.43 bits per heavy atom. The van der Waals surface area contributed by atoms with Gasteiger partial charge in [-0.05, 0) is 41.5 Å². The Labute approximate surface area is 178 Å². The van der Waals surface area contributed by atoms with Crippen molar-refractivity contribution in [1.82, 2.24) is 4.90 Å². The highest BCUT2D eigenvalue weighted by Gasteiger charge is 2.45. The summed E-state index contributed by atoms with van der Waals surface area (Å²) in [6, 6.07) is 15.2. The van der Waals surface area contributed by atoms with Crippen LogP contribution in [0.4, 0.5) is 0 Å². The van der Waals surface area contributed by atoms with Gasteiger partial charge in [0.25, 0.3) is 0 Å². The van der Waals surface area contributed by atoms with E-state index in [2.05, 4.69) is 26.0 Å². The highest BCUT2D eigenvalue weighted by Crippen LogP contribution is 2.48. The Morgan fingerprint density at radius 1 is 1.13 bits per heavy atom. The Balaban J connectivity index is 1.78. The summed E-state index contributed by atoms with van der Waals surface area (Å²) >= 11 is 0. The molecule has 0 saturated heterocycles. The molecule has 6 nitrogen and oxygen atoms in total. The predicted octanol–water partition coefficient (Wildman–Crippen LogP) is 3.82. The van der Waals surface area contributed by atoms with E-state index in [1.54, 1.807) is 12.1 Å². The Bertz CT molecular complexity index is 988. The summed E-state index contributed by atoms with van der Waals surface area (Å²) in [6.07, 6.45) is 1.85. The number of rotatable bonds is 9. The van der Waals surface area contributed by atoms with E-state index < -0.39 is 10.1 Å². The molecule has 0 aliphatic heterocycles. The molecule has 1 aliphatic carbocycles. The van der Waals surface area contributed by atoms with Gasteiger partial charge in [0.05, 0.1) is 13.4 Å². The number of methoxy groups -OCH3 is 1. The van der Waals surface area contributed by atoms with Crippen LogP contribution in [0.1, 0.15) is 37.3 Å². The summed E-state index contributed by atoms with van der Waals surface area (Å²) in [7, 11) is -2.24. The number of benzene rings is 2. The van der Waals surface area contributed by atoms with Crippen LogP contribution in [0.25, 0.3) is 0 Å². The second-order valence-electron chi connectivity index (χ2n) is 8.24. The average molecular weight is 432 g/mol. The molecule has 0 radical (unpaired) electrons. The van der Waals surface area contributed by atoms with E-state index in [9.17, 15) is 13.2 Å². The van der Waals surface area contributed by atoms with Crippen molar-refractivity contribution < 1.29 is 22.1 Å². The minimum atomic E-state index is -3.69. The van der Waals surface area contributed by atoms with Gasteiger partial charge < -0.3 is 13.8 Å². The van der Waals surface area contributed by atoms with Gasteiger partial charge in [-0.15, -0.1) is 0 Å². The molecular weight excluding hydrogens is 402 g/mol. The van der Waals surface area contributed by atoms with Crippen LogP contribution in [0.2, 0.25) is 0 Å². The van der Waals surface area contributed by atoms with Gasteiger partial charge in [-0.25, -0.2) is 0 Å². The lowest BCUT2D eigenvalue weighted by molar-refractivity contribution is -0.133. The van der Waals surface area contributed by atoms with Crippen molar-refractivity contribution >= 4 is 16.0 Å². The number of hydrogen-bond acceptors (Lipinski definition) is 5. The number of hydrogen-bond donors (Lipinski definition) is 0. The molecule has 1 aliphatic rings. The summed E-state index contributed by atoms with van der Waals surface area (Å²) in [4.78, 5) is 15.1. The van der Waals surface area contributed by atoms with Crippen molar-refractivity contribution in [1.29, 1.82) is 0 Å². The van der Waals surface area contributed by atoms with Crippen LogP contribution in [0.15, 0.2) is 48.5 Å². The molecule has 1 amide bonds. The maximum atomic E-state index is 13.2. The normalized spacial score (nSPS) is 18.2. The van der Waals surface area contributed by atoms with E-state index in [-0.39, 0.29) is 23.5 Å². The van der Waals surface area contributed by atoms with E-state index in [1.165, 1.54) is 12.7 Å². The minimum Gasteiger partial charge on any atom is -0.493 e. The lowest BCUT2D eigenvalue weighted by Crippen LogP contribution is -2.35. The van der Waals surface area contributed by atoms with Gasteiger partial charge in [0.1, 0.15) is 0 Å². The zero-order valence-electron chi connectivity index (χ0n) is 17.9. The van der Waals surface area contributed by atoms with Crippen LogP contribution in [0.5, 0.6) is 11.5 Å². The molecule has 30 heavy (non-hydrogen) atoms. The highest BCUT2D eigenvalue weighted by atomic mass is 32.2. The quantitative estimate of drug-likeness (QED) is 0.565. The van der Waals surface area contributed by atoms with Gasteiger partial charge in [0.2, 0.25) is 5.91 Å². The molecule has 7 heteroatoms. The monoisotopic (exact) mass is 431 g/mol. The molecule has 3 rings (SSSR count). The molecule has 1 fully saturated rings. The average Bonchev–Trinajstić information content (AvgIpc) is 3.47. The first kappa shape index (κ1) is 22.2. The van der Waals surface area contributed by atoms with Crippen molar-refractivity contribution in [3.05, 3.63) is 59.7 Å². The van der Waals surface area contributed by atoms with Gasteiger partial charge in [0, 0.05) is 19.0 Å². The third-order valence-corrected chi connectivity index (χ3v) is 5.56. The number of carbonyl (C=O) groups is 1. The fourth-order valence-electron chi connectivity index (χ4n) is 3.71. The minimum absolute atomic E-state index is 0.00358. The summed E-state index contributed by atoms with van der Waals surface area (Å²) in [5, 5.41) is 0. The van der Waals surface area contributed by atoms with Crippen molar-refractivity contribution in [3.8, 4) is 11.5 Å². The maximum absolute atomic E-state index is 13.2. The van der Waals surface area contributed by atoms with Crippen LogP contribution in [0, 0.1) is 11.8 Å². The van der Waals surface area contributed by atoms with Gasteiger partial charge in [-0.3, -0.25) is 4.79 Å². The summed E-state index contributed by atoms with van der Waals surface area (Å²) in [6.45, 7) is 5.17. The standard InChI is InChI=1S/C23H29NO5S/c1-16(2)14-24(23(25)20-13-19(20)18-8-6-5-7-9-18)15-17-10-11-21(28-3)22(12-17)29-30(4,26)27/h5-12,16,19-20H,13-15H2,1-4H3. The number of ether oxygens (including phenoxy) is 1. The molecule has 1 saturated carbocycles. The molecule has 2 unspecified atom stereocenters. The lowest BCUT2D eigenvalue weighted by Gasteiger charge is -2.25. The summed E-state index contributed by atoms with van der Waals surface area (Å²) in [5.74, 6) is 1.18. The molecular formula is C23H29NO5S. The molecule has 2 atom stereocenters. The van der Waals surface area contributed by atoms with Crippen molar-refractivity contribution in [3.63, 3.8) is 0 Å². The Morgan fingerprint density at radius 2 is 1.83 bits per heavy atom. The van der Waals surface area contributed by atoms with Crippen molar-refractivity contribution in [2.45, 2.75) is 32.7 Å². The molecule has 0 aromatic heterocycles. The zero-order chi connectivity index (χ0) is 21.9. The van der Waals surface area contributed by atoms with Gasteiger partial charge in [-0.1, -0.05) is 50.2 Å². The largest absolute Gasteiger partial charge is 0.493 e. The van der Waals surface area contributed by atoms with Crippen molar-refractivity contribution in [2.24, 2.45) is 11.8 Å². The predicted molar refractivity (Wildman–Crippen MR) is 116 cm³/mol. The summed E-state index contributed by atoms with van der Waals surface area (Å²) in [5.41, 5.74) is 1.99. The van der Waals surface area contributed by atoms with Gasteiger partial charge in [0.15, 0.2) is 11.5 Å². The van der Waals surface area contributed by atoms with Crippen LogP contribution >= 0.6 is 0 Å². The molecule has 0 bridgehead atoms. The first-order valence-electron chi connectivity index (χ1n) is 10.1. The Kier molecular flexibility index (Phi) is 6.71. The second kappa shape index (κ2) is 9.08. The van der Waals surface area contributed by atoms with E-state index in [4.69, 9.17) is 8.92 Å². The number of nitrogens with zero attached hydrogens (tertiary/aromatic N) is 1. The van der Waals surface area contributed by atoms with Gasteiger partial charge in [-0.2, -0.15) is 8.42 Å². The fourth-order valence-corrected chi connectivity index (χ4v) is 4.17. The van der Waals surface area contributed by atoms with E-state index >= 15 is 0 Å². The molecule has 2 aromatic rings. The van der Waals surface area contributed by atoms with Gasteiger partial charge >= 0.3 is 10.1 Å². The Hall–Kier alpha value is -2.54. The topological polar surface area (TPSA) is 72.9 Å². The molecule has 0 N–H and O–H groups in total. The molecule has 0 heterocycles. The lowest BCUT2D eigenvalue weighted by atomic mass is 10.1. The fraction of sp³-hybridized carbons (Fsp3) is 0.435. The van der Waals surface area contributed by atoms with Crippen LogP contribution in [-0.4, -0.2) is 39.1 Å². The van der Waals surface area contributed by atoms with E-state index in [0.717, 1.165) is 18.2 Å². The molecule has 162 valence electrons. The SMILES string of the molecule is COc1ccc(CN(CC(C)C)C(=O)C2CC2c2ccccc2)cc1OS(C)(=O)=O. The van der Waals surface area contributed by atoms with E-state index in [1.807, 2.05) is 29.2 Å². The molecule has 0 spiro atoms. The smallest absolute Gasteiger partial charge is 0.306 e. The van der Waals surface area contributed by atoms with Crippen LogP contribution in [0.3, 0.4) is 0 Å². The second-order valence-corrected chi connectivity index (χ2v) is 9.82. The van der Waals surface area contributed by atoms with Crippen LogP contribution in [-0.2, 0) is 21.5 Å². The third-order valence-electron chi connectivity index (χ3n) is 5.08. The highest BCUT2D eigenvalue weighted by molar-refractivity contribution is 7.86. The first-order chi connectivity index (χ1) is 14.2. The number of amides is 1. The number of carbonyl (C=O) groups excluding carboxylic acids is 1. The zero-order valence-corrected chi connectivity index (χ0v) is 18.7. The molecule has 2 aromatic carbocycles. The van der Waals surface area contributed by atoms with Crippen LogP contribution < -0.4 is 8.92 Å².